The Hall–Kier alpha value is -1.40. The molecule has 0 atom stereocenters. The van der Waals surface area contributed by atoms with Crippen molar-refractivity contribution >= 4 is 32.9 Å². The zero-order chi connectivity index (χ0) is 11.7. The van der Waals surface area contributed by atoms with Crippen molar-refractivity contribution in [2.75, 3.05) is 7.11 Å². The lowest BCUT2D eigenvalue weighted by atomic mass is 10.2. The van der Waals surface area contributed by atoms with Crippen molar-refractivity contribution in [2.45, 2.75) is 6.61 Å². The van der Waals surface area contributed by atoms with Gasteiger partial charge in [-0.1, -0.05) is 15.9 Å². The normalized spacial score (nSPS) is 10.9. The van der Waals surface area contributed by atoms with Gasteiger partial charge in [0.05, 0.1) is 11.1 Å². The minimum atomic E-state index is -0.998. The summed E-state index contributed by atoms with van der Waals surface area (Å²) in [6, 6.07) is 3.32. The van der Waals surface area contributed by atoms with Gasteiger partial charge >= 0.3 is 5.97 Å². The number of fused-ring (bicyclic) bond motifs is 1. The second-order valence-corrected chi connectivity index (χ2v) is 4.19. The van der Waals surface area contributed by atoms with E-state index in [0.717, 1.165) is 0 Å². The van der Waals surface area contributed by atoms with Gasteiger partial charge < -0.3 is 14.8 Å². The first-order valence-corrected chi connectivity index (χ1v) is 5.31. The monoisotopic (exact) mass is 284 g/mol. The third-order valence-corrected chi connectivity index (χ3v) is 2.57. The molecule has 1 aromatic heterocycles. The number of hydrogen-bond donors (Lipinski definition) is 2. The lowest BCUT2D eigenvalue weighted by Crippen LogP contribution is -1.97. The summed E-state index contributed by atoms with van der Waals surface area (Å²) < 4.78 is 5.63. The second-order valence-electron chi connectivity index (χ2n) is 3.27. The lowest BCUT2D eigenvalue weighted by molar-refractivity contribution is 0.0698. The van der Waals surface area contributed by atoms with Crippen LogP contribution in [0.15, 0.2) is 16.6 Å². The van der Waals surface area contributed by atoms with Gasteiger partial charge in [-0.25, -0.2) is 9.78 Å². The number of halogens is 1. The molecule has 5 nitrogen and oxygen atoms in total. The van der Waals surface area contributed by atoms with Gasteiger partial charge in [0.15, 0.2) is 0 Å². The number of aromatic carboxylic acids is 1. The van der Waals surface area contributed by atoms with Gasteiger partial charge in [0.2, 0.25) is 0 Å². The smallest absolute Gasteiger partial charge is 0.338 e. The van der Waals surface area contributed by atoms with Crippen molar-refractivity contribution in [3.8, 4) is 0 Å². The van der Waals surface area contributed by atoms with Crippen molar-refractivity contribution in [3.05, 3.63) is 28.0 Å². The van der Waals surface area contributed by atoms with Crippen molar-refractivity contribution in [1.82, 2.24) is 9.97 Å². The van der Waals surface area contributed by atoms with Crippen LogP contribution in [-0.2, 0) is 11.3 Å². The predicted molar refractivity (Wildman–Crippen MR) is 61.5 cm³/mol. The highest BCUT2D eigenvalue weighted by Crippen LogP contribution is 2.23. The number of carbonyl (C=O) groups is 1. The first-order valence-electron chi connectivity index (χ1n) is 4.52. The summed E-state index contributed by atoms with van der Waals surface area (Å²) in [6.07, 6.45) is 0. The Bertz CT molecular complexity index is 550. The quantitative estimate of drug-likeness (QED) is 0.906. The van der Waals surface area contributed by atoms with Crippen molar-refractivity contribution in [2.24, 2.45) is 0 Å². The largest absolute Gasteiger partial charge is 0.478 e. The van der Waals surface area contributed by atoms with Crippen molar-refractivity contribution < 1.29 is 14.6 Å². The summed E-state index contributed by atoms with van der Waals surface area (Å²) in [4.78, 5) is 18.2. The van der Waals surface area contributed by atoms with Crippen LogP contribution in [0.2, 0.25) is 0 Å². The summed E-state index contributed by atoms with van der Waals surface area (Å²) >= 11 is 3.26. The molecule has 0 fully saturated rings. The number of methoxy groups -OCH3 is 1. The Labute approximate surface area is 99.6 Å². The van der Waals surface area contributed by atoms with E-state index in [9.17, 15) is 4.79 Å². The Morgan fingerprint density at radius 2 is 2.38 bits per heavy atom. The molecule has 0 radical (unpaired) electrons. The van der Waals surface area contributed by atoms with E-state index in [-0.39, 0.29) is 5.56 Å². The van der Waals surface area contributed by atoms with Crippen LogP contribution in [0.25, 0.3) is 11.0 Å². The maximum absolute atomic E-state index is 11.0. The van der Waals surface area contributed by atoms with Crippen LogP contribution in [0.1, 0.15) is 16.2 Å². The number of nitrogens with zero attached hydrogens (tertiary/aromatic N) is 1. The average Bonchev–Trinajstić information content (AvgIpc) is 2.59. The summed E-state index contributed by atoms with van der Waals surface area (Å²) in [5, 5.41) is 9.04. The minimum absolute atomic E-state index is 0.169. The Balaban J connectivity index is 2.65. The Kier molecular flexibility index (Phi) is 2.93. The maximum atomic E-state index is 11.0. The zero-order valence-corrected chi connectivity index (χ0v) is 10.0. The number of ether oxygens (including phenoxy) is 1. The summed E-state index contributed by atoms with van der Waals surface area (Å²) in [7, 11) is 1.56. The lowest BCUT2D eigenvalue weighted by Gasteiger charge is -1.96. The number of nitrogens with one attached hydrogen (secondary N) is 1. The standard InChI is InChI=1S/C10H9BrN2O3/c1-16-4-8-12-7-3-5(11)2-6(10(14)15)9(7)13-8/h2-3H,4H2,1H3,(H,12,13)(H,14,15). The van der Waals surface area contributed by atoms with Gasteiger partial charge in [-0.05, 0) is 12.1 Å². The summed E-state index contributed by atoms with van der Waals surface area (Å²) in [6.45, 7) is 0.325. The highest BCUT2D eigenvalue weighted by molar-refractivity contribution is 9.10. The molecular formula is C10H9BrN2O3. The number of aromatic amines is 1. The molecule has 2 rings (SSSR count). The third kappa shape index (κ3) is 1.94. The molecule has 2 N–H and O–H groups in total. The van der Waals surface area contributed by atoms with Crippen LogP contribution < -0.4 is 0 Å². The molecule has 0 aliphatic heterocycles. The molecule has 0 spiro atoms. The molecule has 0 aliphatic carbocycles. The molecule has 1 heterocycles. The molecule has 0 saturated heterocycles. The molecule has 2 aromatic rings. The Morgan fingerprint density at radius 3 is 3.00 bits per heavy atom. The number of imidazole rings is 1. The topological polar surface area (TPSA) is 75.2 Å². The number of H-pyrrole nitrogens is 1. The van der Waals surface area contributed by atoms with Gasteiger partial charge in [-0.3, -0.25) is 0 Å². The van der Waals surface area contributed by atoms with Gasteiger partial charge in [-0.15, -0.1) is 0 Å². The summed E-state index contributed by atoms with van der Waals surface area (Å²) in [5.41, 5.74) is 1.30. The van der Waals surface area contributed by atoms with E-state index < -0.39 is 5.97 Å². The van der Waals surface area contributed by atoms with E-state index in [1.807, 2.05) is 0 Å². The predicted octanol–water partition coefficient (Wildman–Crippen LogP) is 2.17. The van der Waals surface area contributed by atoms with Crippen LogP contribution in [0.4, 0.5) is 0 Å². The number of benzene rings is 1. The van der Waals surface area contributed by atoms with E-state index in [2.05, 4.69) is 25.9 Å². The molecule has 0 amide bonds. The number of aromatic nitrogens is 2. The molecule has 1 aromatic carbocycles. The van der Waals surface area contributed by atoms with Crippen LogP contribution in [0.3, 0.4) is 0 Å². The fourth-order valence-corrected chi connectivity index (χ4v) is 1.96. The Morgan fingerprint density at radius 1 is 1.62 bits per heavy atom. The van der Waals surface area contributed by atoms with E-state index in [0.29, 0.717) is 27.9 Å². The van der Waals surface area contributed by atoms with E-state index in [4.69, 9.17) is 9.84 Å². The molecule has 6 heteroatoms. The number of hydrogen-bond acceptors (Lipinski definition) is 3. The van der Waals surface area contributed by atoms with Gasteiger partial charge in [-0.2, -0.15) is 0 Å². The average molecular weight is 285 g/mol. The molecule has 0 saturated carbocycles. The highest BCUT2D eigenvalue weighted by atomic mass is 79.9. The van der Waals surface area contributed by atoms with Gasteiger partial charge in [0.25, 0.3) is 0 Å². The minimum Gasteiger partial charge on any atom is -0.478 e. The van der Waals surface area contributed by atoms with Crippen LogP contribution >= 0.6 is 15.9 Å². The van der Waals surface area contributed by atoms with Crippen LogP contribution in [-0.4, -0.2) is 28.2 Å². The third-order valence-electron chi connectivity index (χ3n) is 2.11. The number of rotatable bonds is 3. The highest BCUT2D eigenvalue weighted by Gasteiger charge is 2.13. The molecule has 0 aliphatic rings. The SMILES string of the molecule is COCc1nc2c(C(=O)O)cc(Br)cc2[nH]1. The van der Waals surface area contributed by atoms with E-state index in [1.54, 1.807) is 13.2 Å². The summed E-state index contributed by atoms with van der Waals surface area (Å²) in [5.74, 6) is -0.389. The fourth-order valence-electron chi connectivity index (χ4n) is 1.50. The molecule has 0 unspecified atom stereocenters. The van der Waals surface area contributed by atoms with Crippen LogP contribution in [0.5, 0.6) is 0 Å². The van der Waals surface area contributed by atoms with Crippen molar-refractivity contribution in [1.29, 1.82) is 0 Å². The zero-order valence-electron chi connectivity index (χ0n) is 8.45. The number of carboxylic acids is 1. The van der Waals surface area contributed by atoms with Crippen LogP contribution in [0, 0.1) is 0 Å². The fraction of sp³-hybridized carbons (Fsp3) is 0.200. The molecule has 0 bridgehead atoms. The molecule has 16 heavy (non-hydrogen) atoms. The molecule has 84 valence electrons. The first-order chi connectivity index (χ1) is 7.61. The van der Waals surface area contributed by atoms with E-state index in [1.165, 1.54) is 6.07 Å². The van der Waals surface area contributed by atoms with Crippen molar-refractivity contribution in [3.63, 3.8) is 0 Å². The van der Waals surface area contributed by atoms with Gasteiger partial charge in [0.1, 0.15) is 17.9 Å². The maximum Gasteiger partial charge on any atom is 0.338 e. The van der Waals surface area contributed by atoms with E-state index >= 15 is 0 Å². The number of carboxylic acid groups (broad SMARTS) is 1. The second kappa shape index (κ2) is 4.23. The first kappa shape index (κ1) is 11.1. The molecular weight excluding hydrogens is 276 g/mol. The van der Waals surface area contributed by atoms with Gasteiger partial charge in [0, 0.05) is 11.6 Å².